The summed E-state index contributed by atoms with van der Waals surface area (Å²) in [7, 11) is 0.703. The van der Waals surface area contributed by atoms with Crippen LogP contribution < -0.4 is 5.19 Å². The fraction of sp³-hybridized carbons (Fsp3) is 0. The number of fused-ring (bicyclic) bond motifs is 1. The van der Waals surface area contributed by atoms with Gasteiger partial charge in [0.05, 0.1) is 0 Å². The summed E-state index contributed by atoms with van der Waals surface area (Å²) in [4.78, 5) is 0. The van der Waals surface area contributed by atoms with Crippen molar-refractivity contribution in [3.8, 4) is 0 Å². The van der Waals surface area contributed by atoms with Crippen LogP contribution in [0.5, 0.6) is 0 Å². The molecule has 0 atom stereocenters. The second-order valence-electron chi connectivity index (χ2n) is 4.42. The molecule has 2 radical (unpaired) electrons. The van der Waals surface area contributed by atoms with Gasteiger partial charge >= 0.3 is 0 Å². The molecule has 0 amide bonds. The Hall–Kier alpha value is -2.12. The average molecular weight is 258 g/mol. The van der Waals surface area contributed by atoms with Gasteiger partial charge in [-0.15, -0.1) is 0 Å². The lowest BCUT2D eigenvalue weighted by atomic mass is 10.1. The average Bonchev–Trinajstić information content (AvgIpc) is 2.49. The van der Waals surface area contributed by atoms with E-state index in [9.17, 15) is 0 Å². The van der Waals surface area contributed by atoms with E-state index in [1.807, 2.05) is 6.07 Å². The Morgan fingerprint density at radius 1 is 0.684 bits per heavy atom. The van der Waals surface area contributed by atoms with Crippen molar-refractivity contribution < 1.29 is 0 Å². The summed E-state index contributed by atoms with van der Waals surface area (Å²) >= 11 is 0. The quantitative estimate of drug-likeness (QED) is 0.626. The second kappa shape index (κ2) is 5.68. The Bertz CT molecular complexity index is 694. The van der Waals surface area contributed by atoms with Crippen molar-refractivity contribution in [2.24, 2.45) is 0 Å². The molecule has 3 rings (SSSR count). The third kappa shape index (κ3) is 2.83. The van der Waals surface area contributed by atoms with Gasteiger partial charge in [-0.1, -0.05) is 89.8 Å². The van der Waals surface area contributed by atoms with E-state index in [0.29, 0.717) is 9.52 Å². The van der Waals surface area contributed by atoms with Gasteiger partial charge in [-0.25, -0.2) is 0 Å². The lowest BCUT2D eigenvalue weighted by Crippen LogP contribution is -2.12. The zero-order valence-corrected chi connectivity index (χ0v) is 11.6. The highest BCUT2D eigenvalue weighted by atomic mass is 28.2. The summed E-state index contributed by atoms with van der Waals surface area (Å²) in [5.74, 6) is 0. The summed E-state index contributed by atoms with van der Waals surface area (Å²) in [5.41, 5.74) is 3.52. The molecule has 0 saturated carbocycles. The molecule has 0 aliphatic carbocycles. The first-order valence-corrected chi connectivity index (χ1v) is 7.47. The van der Waals surface area contributed by atoms with Gasteiger partial charge < -0.3 is 0 Å². The van der Waals surface area contributed by atoms with Crippen molar-refractivity contribution in [2.75, 3.05) is 0 Å². The molecule has 0 fully saturated rings. The maximum Gasteiger partial charge on any atom is 0.112 e. The fourth-order valence-electron chi connectivity index (χ4n) is 2.14. The zero-order chi connectivity index (χ0) is 12.9. The van der Waals surface area contributed by atoms with Crippen molar-refractivity contribution in [1.29, 1.82) is 0 Å². The van der Waals surface area contributed by atoms with Crippen LogP contribution in [0.2, 0.25) is 0 Å². The molecule has 0 unspecified atom stereocenters. The minimum absolute atomic E-state index is 0.703. The largest absolute Gasteiger partial charge is 0.112 e. The fourth-order valence-corrected chi connectivity index (χ4v) is 3.17. The van der Waals surface area contributed by atoms with Crippen LogP contribution in [0, 0.1) is 0 Å². The molecular weight excluding hydrogens is 244 g/mol. The van der Waals surface area contributed by atoms with Gasteiger partial charge in [-0.3, -0.25) is 0 Å². The number of benzene rings is 3. The van der Waals surface area contributed by atoms with E-state index >= 15 is 0 Å². The summed E-state index contributed by atoms with van der Waals surface area (Å²) < 4.78 is 0. The van der Waals surface area contributed by atoms with Crippen LogP contribution in [0.25, 0.3) is 16.8 Å². The highest BCUT2D eigenvalue weighted by Gasteiger charge is 1.98. The molecule has 3 aromatic carbocycles. The summed E-state index contributed by atoms with van der Waals surface area (Å²) in [5, 5.41) is 4.09. The van der Waals surface area contributed by atoms with Gasteiger partial charge in [0.2, 0.25) is 0 Å². The third-order valence-corrected chi connectivity index (χ3v) is 4.18. The van der Waals surface area contributed by atoms with Crippen LogP contribution in [-0.2, 0) is 0 Å². The maximum absolute atomic E-state index is 2.26. The van der Waals surface area contributed by atoms with Crippen molar-refractivity contribution >= 4 is 31.6 Å². The van der Waals surface area contributed by atoms with Crippen LogP contribution in [0.3, 0.4) is 0 Å². The van der Waals surface area contributed by atoms with Crippen LogP contribution in [0.1, 0.15) is 5.56 Å². The predicted octanol–water partition coefficient (Wildman–Crippen LogP) is 3.84. The molecule has 0 N–H and O–H groups in total. The van der Waals surface area contributed by atoms with Gasteiger partial charge in [0.1, 0.15) is 9.52 Å². The lowest BCUT2D eigenvalue weighted by molar-refractivity contribution is 1.66. The minimum atomic E-state index is 0.703. The molecule has 0 bridgehead atoms. The highest BCUT2D eigenvalue weighted by molar-refractivity contribution is 6.62. The molecule has 1 heteroatoms. The molecule has 90 valence electrons. The molecule has 0 heterocycles. The number of rotatable bonds is 3. The normalized spacial score (nSPS) is 11.2. The smallest absolute Gasteiger partial charge is 0.0927 e. The van der Waals surface area contributed by atoms with E-state index in [4.69, 9.17) is 0 Å². The van der Waals surface area contributed by atoms with Gasteiger partial charge in [0, 0.05) is 0 Å². The maximum atomic E-state index is 2.26. The van der Waals surface area contributed by atoms with Gasteiger partial charge in [-0.2, -0.15) is 0 Å². The van der Waals surface area contributed by atoms with Crippen LogP contribution in [0.4, 0.5) is 0 Å². The van der Waals surface area contributed by atoms with E-state index in [-0.39, 0.29) is 0 Å². The van der Waals surface area contributed by atoms with Gasteiger partial charge in [-0.05, 0) is 16.3 Å². The van der Waals surface area contributed by atoms with Crippen LogP contribution in [-0.4, -0.2) is 9.52 Å². The van der Waals surface area contributed by atoms with Gasteiger partial charge in [0.15, 0.2) is 0 Å². The minimum Gasteiger partial charge on any atom is -0.0927 e. The lowest BCUT2D eigenvalue weighted by Gasteiger charge is -2.02. The number of hydrogen-bond acceptors (Lipinski definition) is 0. The molecule has 19 heavy (non-hydrogen) atoms. The molecule has 0 aromatic heterocycles. The summed E-state index contributed by atoms with van der Waals surface area (Å²) in [6.07, 6.45) is 2.19. The Kier molecular flexibility index (Phi) is 3.57. The molecule has 0 aliphatic rings. The Morgan fingerprint density at radius 2 is 1.42 bits per heavy atom. The standard InChI is InChI=1S/C18H14Si/c1-2-7-15(8-3-1)13-14-19-18-12-6-10-16-9-4-5-11-17(16)18/h1-14H. The van der Waals surface area contributed by atoms with E-state index in [2.05, 4.69) is 78.5 Å². The van der Waals surface area contributed by atoms with Crippen molar-refractivity contribution in [3.05, 3.63) is 84.1 Å². The molecule has 3 aromatic rings. The molecule has 0 aliphatic heterocycles. The number of hydrogen-bond donors (Lipinski definition) is 0. The molecular formula is C18H14Si. The molecule has 0 spiro atoms. The Morgan fingerprint density at radius 3 is 2.32 bits per heavy atom. The monoisotopic (exact) mass is 258 g/mol. The van der Waals surface area contributed by atoms with E-state index in [1.165, 1.54) is 21.5 Å². The molecule has 0 saturated heterocycles. The third-order valence-electron chi connectivity index (χ3n) is 3.10. The van der Waals surface area contributed by atoms with Crippen LogP contribution in [0.15, 0.2) is 78.5 Å². The highest BCUT2D eigenvalue weighted by Crippen LogP contribution is 2.10. The predicted molar refractivity (Wildman–Crippen MR) is 84.8 cm³/mol. The zero-order valence-electron chi connectivity index (χ0n) is 10.6. The second-order valence-corrected chi connectivity index (χ2v) is 5.58. The molecule has 0 nitrogen and oxygen atoms in total. The summed E-state index contributed by atoms with van der Waals surface area (Å²) in [6.45, 7) is 0. The summed E-state index contributed by atoms with van der Waals surface area (Å²) in [6, 6.07) is 25.5. The van der Waals surface area contributed by atoms with Crippen LogP contribution >= 0.6 is 0 Å². The van der Waals surface area contributed by atoms with E-state index in [1.54, 1.807) is 0 Å². The first kappa shape index (κ1) is 11.9. The first-order valence-electron chi connectivity index (χ1n) is 6.39. The van der Waals surface area contributed by atoms with Gasteiger partial charge in [0.25, 0.3) is 0 Å². The topological polar surface area (TPSA) is 0 Å². The van der Waals surface area contributed by atoms with E-state index in [0.717, 1.165) is 0 Å². The Balaban J connectivity index is 1.84. The first-order chi connectivity index (χ1) is 9.43. The van der Waals surface area contributed by atoms with Crippen molar-refractivity contribution in [2.45, 2.75) is 0 Å². The Labute approximate surface area is 116 Å². The SMILES string of the molecule is C(=Cc1ccccc1)[Si]c1cccc2ccccc12. The van der Waals surface area contributed by atoms with Crippen molar-refractivity contribution in [3.63, 3.8) is 0 Å². The van der Waals surface area contributed by atoms with E-state index < -0.39 is 0 Å². The van der Waals surface area contributed by atoms with Crippen molar-refractivity contribution in [1.82, 2.24) is 0 Å².